The van der Waals surface area contributed by atoms with Gasteiger partial charge in [-0.1, -0.05) is 72.8 Å². The highest BCUT2D eigenvalue weighted by Gasteiger charge is 2.21. The number of aryl methyl sites for hydroxylation is 2. The summed E-state index contributed by atoms with van der Waals surface area (Å²) in [7, 11) is 0. The molecule has 0 aliphatic rings. The fourth-order valence-corrected chi connectivity index (χ4v) is 3.96. The van der Waals surface area contributed by atoms with Gasteiger partial charge in [-0.05, 0) is 55.5 Å². The highest BCUT2D eigenvalue weighted by atomic mass is 16.4. The monoisotopic (exact) mass is 439 g/mol. The van der Waals surface area contributed by atoms with Crippen molar-refractivity contribution in [2.24, 2.45) is 0 Å². The van der Waals surface area contributed by atoms with E-state index in [0.29, 0.717) is 12.0 Å². The van der Waals surface area contributed by atoms with Gasteiger partial charge in [-0.25, -0.2) is 14.5 Å². The standard InChI is InChI=1S/C28H29N3O2/c1-28(2,3)31-26(29-25(30-31)18-15-20-9-5-4-6-10-20)19-21-13-16-22(17-14-21)23-11-7-8-12-24(23)27(32)33/h4-14,16-17H,15,18-19H2,1-3H3,(H,32,33). The Morgan fingerprint density at radius 3 is 2.18 bits per heavy atom. The van der Waals surface area contributed by atoms with E-state index < -0.39 is 5.97 Å². The van der Waals surface area contributed by atoms with E-state index in [2.05, 4.69) is 45.0 Å². The van der Waals surface area contributed by atoms with E-state index in [-0.39, 0.29) is 5.54 Å². The molecule has 0 aliphatic heterocycles. The third-order valence-corrected chi connectivity index (χ3v) is 5.62. The number of carbonyl (C=O) groups is 1. The van der Waals surface area contributed by atoms with Crippen molar-refractivity contribution in [1.82, 2.24) is 14.8 Å². The van der Waals surface area contributed by atoms with Gasteiger partial charge in [-0.3, -0.25) is 0 Å². The summed E-state index contributed by atoms with van der Waals surface area (Å²) >= 11 is 0. The molecule has 0 atom stereocenters. The third kappa shape index (κ3) is 5.37. The Bertz CT molecular complexity index is 1240. The van der Waals surface area contributed by atoms with Crippen LogP contribution in [0.2, 0.25) is 0 Å². The molecule has 0 amide bonds. The van der Waals surface area contributed by atoms with E-state index in [9.17, 15) is 9.90 Å². The first kappa shape index (κ1) is 22.5. The average Bonchev–Trinajstić information content (AvgIpc) is 3.22. The van der Waals surface area contributed by atoms with Crippen LogP contribution in [0.5, 0.6) is 0 Å². The summed E-state index contributed by atoms with van der Waals surface area (Å²) in [5.41, 5.74) is 4.13. The van der Waals surface area contributed by atoms with Crippen LogP contribution in [-0.2, 0) is 24.8 Å². The predicted molar refractivity (Wildman–Crippen MR) is 131 cm³/mol. The van der Waals surface area contributed by atoms with Gasteiger partial charge in [-0.2, -0.15) is 5.10 Å². The van der Waals surface area contributed by atoms with Crippen LogP contribution in [0.3, 0.4) is 0 Å². The Hall–Kier alpha value is -3.73. The fraction of sp³-hybridized carbons (Fsp3) is 0.250. The van der Waals surface area contributed by atoms with Crippen molar-refractivity contribution < 1.29 is 9.90 Å². The molecule has 1 heterocycles. The minimum atomic E-state index is -0.920. The van der Waals surface area contributed by atoms with Gasteiger partial charge in [0.2, 0.25) is 0 Å². The largest absolute Gasteiger partial charge is 0.478 e. The van der Waals surface area contributed by atoms with Gasteiger partial charge in [0, 0.05) is 12.8 Å². The second-order valence-corrected chi connectivity index (χ2v) is 9.24. The minimum absolute atomic E-state index is 0.173. The predicted octanol–water partition coefficient (Wildman–Crippen LogP) is 5.77. The van der Waals surface area contributed by atoms with E-state index >= 15 is 0 Å². The Morgan fingerprint density at radius 2 is 1.52 bits per heavy atom. The van der Waals surface area contributed by atoms with Gasteiger partial charge in [0.15, 0.2) is 5.82 Å². The lowest BCUT2D eigenvalue weighted by Gasteiger charge is -2.21. The number of carboxylic acids is 1. The molecule has 0 radical (unpaired) electrons. The first-order valence-corrected chi connectivity index (χ1v) is 11.2. The van der Waals surface area contributed by atoms with Crippen LogP contribution in [0.15, 0.2) is 78.9 Å². The molecule has 0 spiro atoms. The molecule has 1 N–H and O–H groups in total. The number of carboxylic acid groups (broad SMARTS) is 1. The van der Waals surface area contributed by atoms with E-state index in [1.165, 1.54) is 5.56 Å². The molecule has 4 aromatic rings. The molecule has 1 aromatic heterocycles. The first-order valence-electron chi connectivity index (χ1n) is 11.2. The quantitative estimate of drug-likeness (QED) is 0.397. The van der Waals surface area contributed by atoms with Crippen molar-refractivity contribution in [3.05, 3.63) is 107 Å². The molecule has 5 nitrogen and oxygen atoms in total. The van der Waals surface area contributed by atoms with Crippen LogP contribution in [0.1, 0.15) is 53.9 Å². The second kappa shape index (κ2) is 9.41. The topological polar surface area (TPSA) is 68.0 Å². The van der Waals surface area contributed by atoms with Crippen molar-refractivity contribution in [3.63, 3.8) is 0 Å². The SMILES string of the molecule is CC(C)(C)n1nc(CCc2ccccc2)nc1Cc1ccc(-c2ccccc2C(=O)O)cc1. The number of benzene rings is 3. The Kier molecular flexibility index (Phi) is 6.40. The summed E-state index contributed by atoms with van der Waals surface area (Å²) in [6, 6.07) is 25.5. The van der Waals surface area contributed by atoms with Crippen molar-refractivity contribution in [2.45, 2.75) is 45.6 Å². The smallest absolute Gasteiger partial charge is 0.336 e. The molecule has 0 unspecified atom stereocenters. The number of nitrogens with zero attached hydrogens (tertiary/aromatic N) is 3. The number of rotatable bonds is 7. The van der Waals surface area contributed by atoms with Crippen molar-refractivity contribution >= 4 is 5.97 Å². The maximum atomic E-state index is 11.6. The average molecular weight is 440 g/mol. The molecule has 0 bridgehead atoms. The number of aromatic carboxylic acids is 1. The van der Waals surface area contributed by atoms with Crippen LogP contribution >= 0.6 is 0 Å². The van der Waals surface area contributed by atoms with Gasteiger partial charge in [0.05, 0.1) is 11.1 Å². The number of hydrogen-bond acceptors (Lipinski definition) is 3. The summed E-state index contributed by atoms with van der Waals surface area (Å²) in [5.74, 6) is 0.871. The lowest BCUT2D eigenvalue weighted by molar-refractivity contribution is 0.0697. The zero-order chi connectivity index (χ0) is 23.4. The van der Waals surface area contributed by atoms with Crippen molar-refractivity contribution in [2.75, 3.05) is 0 Å². The molecular weight excluding hydrogens is 410 g/mol. The summed E-state index contributed by atoms with van der Waals surface area (Å²) in [6.07, 6.45) is 2.37. The lowest BCUT2D eigenvalue weighted by Crippen LogP contribution is -2.25. The van der Waals surface area contributed by atoms with Gasteiger partial charge >= 0.3 is 5.97 Å². The van der Waals surface area contributed by atoms with Crippen LogP contribution in [0.25, 0.3) is 11.1 Å². The summed E-state index contributed by atoms with van der Waals surface area (Å²) < 4.78 is 2.03. The highest BCUT2D eigenvalue weighted by molar-refractivity contribution is 5.95. The zero-order valence-electron chi connectivity index (χ0n) is 19.3. The molecule has 0 saturated heterocycles. The normalized spacial score (nSPS) is 11.5. The Morgan fingerprint density at radius 1 is 0.848 bits per heavy atom. The van der Waals surface area contributed by atoms with E-state index in [4.69, 9.17) is 10.1 Å². The molecular formula is C28H29N3O2. The molecule has 0 saturated carbocycles. The molecule has 5 heteroatoms. The highest BCUT2D eigenvalue weighted by Crippen LogP contribution is 2.25. The van der Waals surface area contributed by atoms with E-state index in [1.54, 1.807) is 12.1 Å². The van der Waals surface area contributed by atoms with Crippen LogP contribution in [0.4, 0.5) is 0 Å². The Balaban J connectivity index is 1.55. The molecule has 4 rings (SSSR count). The van der Waals surface area contributed by atoms with Gasteiger partial charge in [0.1, 0.15) is 5.82 Å². The van der Waals surface area contributed by atoms with E-state index in [0.717, 1.165) is 41.2 Å². The summed E-state index contributed by atoms with van der Waals surface area (Å²) in [6.45, 7) is 6.41. The number of hydrogen-bond donors (Lipinski definition) is 1. The van der Waals surface area contributed by atoms with Crippen LogP contribution in [0, 0.1) is 0 Å². The Labute approximate surface area is 194 Å². The molecule has 3 aromatic carbocycles. The van der Waals surface area contributed by atoms with Gasteiger partial charge in [0.25, 0.3) is 0 Å². The van der Waals surface area contributed by atoms with E-state index in [1.807, 2.05) is 47.1 Å². The molecule has 168 valence electrons. The van der Waals surface area contributed by atoms with Crippen LogP contribution < -0.4 is 0 Å². The first-order chi connectivity index (χ1) is 15.8. The van der Waals surface area contributed by atoms with Crippen LogP contribution in [-0.4, -0.2) is 25.8 Å². The van der Waals surface area contributed by atoms with Crippen molar-refractivity contribution in [3.8, 4) is 11.1 Å². The molecule has 33 heavy (non-hydrogen) atoms. The summed E-state index contributed by atoms with van der Waals surface area (Å²) in [4.78, 5) is 16.4. The molecule has 0 fully saturated rings. The fourth-order valence-electron chi connectivity index (χ4n) is 3.96. The second-order valence-electron chi connectivity index (χ2n) is 9.24. The zero-order valence-corrected chi connectivity index (χ0v) is 19.3. The maximum Gasteiger partial charge on any atom is 0.336 e. The minimum Gasteiger partial charge on any atom is -0.478 e. The molecule has 0 aliphatic carbocycles. The summed E-state index contributed by atoms with van der Waals surface area (Å²) in [5, 5.41) is 14.3. The maximum absolute atomic E-state index is 11.6. The van der Waals surface area contributed by atoms with Gasteiger partial charge < -0.3 is 5.11 Å². The number of aromatic nitrogens is 3. The lowest BCUT2D eigenvalue weighted by atomic mass is 9.98. The third-order valence-electron chi connectivity index (χ3n) is 5.62. The van der Waals surface area contributed by atoms with Gasteiger partial charge in [-0.15, -0.1) is 0 Å². The van der Waals surface area contributed by atoms with Crippen molar-refractivity contribution in [1.29, 1.82) is 0 Å².